The van der Waals surface area contributed by atoms with E-state index in [9.17, 15) is 9.59 Å². The zero-order valence-electron chi connectivity index (χ0n) is 23.7. The number of carbonyl (C=O) groups excluding carboxylic acids is 2. The second-order valence-corrected chi connectivity index (χ2v) is 12.9. The van der Waals surface area contributed by atoms with Crippen molar-refractivity contribution in [3.05, 3.63) is 105 Å². The number of benzene rings is 3. The standard InChI is InChI=1S/C32H32Cl2F2N2O4/c1-30(2,29(40)41-17-18-9-6-5-7-10-18)16-24-32(37,21-14-13-19(33)15-23(21)35)25(20-11-8-12-22(34)26(20)36)27-28(39)42-31(3,4)38(24)27/h5-15,24-25,27H,16-17,37H2,1-4H3/t24-,25-,27+,32+/m0/s1. The highest BCUT2D eigenvalue weighted by Gasteiger charge is 2.69. The SMILES string of the molecule is CC(C)(C[C@@H]1N2[C@@H](C(=O)OC2(C)C)[C@H](c2cccc(Cl)c2F)[C@@]1(N)c1ccc(Cl)cc1F)C(=O)OCc1ccccc1. The Bertz CT molecular complexity index is 1530. The van der Waals surface area contributed by atoms with E-state index in [-0.39, 0.29) is 34.2 Å². The summed E-state index contributed by atoms with van der Waals surface area (Å²) < 4.78 is 43.1. The van der Waals surface area contributed by atoms with Crippen LogP contribution in [0.5, 0.6) is 0 Å². The molecule has 4 atom stereocenters. The average Bonchev–Trinajstić information content (AvgIpc) is 3.31. The number of ether oxygens (including phenoxy) is 2. The molecule has 2 aliphatic rings. The normalized spacial score (nSPS) is 25.3. The Morgan fingerprint density at radius 2 is 1.76 bits per heavy atom. The first-order valence-corrected chi connectivity index (χ1v) is 14.3. The fourth-order valence-corrected chi connectivity index (χ4v) is 6.84. The molecule has 5 rings (SSSR count). The van der Waals surface area contributed by atoms with Crippen LogP contribution in [0.4, 0.5) is 8.78 Å². The lowest BCUT2D eigenvalue weighted by molar-refractivity contribution is -0.160. The number of cyclic esters (lactones) is 1. The minimum Gasteiger partial charge on any atom is -0.460 e. The third-order valence-electron chi connectivity index (χ3n) is 8.41. The van der Waals surface area contributed by atoms with Crippen molar-refractivity contribution in [3.8, 4) is 0 Å². The fourth-order valence-electron chi connectivity index (χ4n) is 6.50. The smallest absolute Gasteiger partial charge is 0.325 e. The van der Waals surface area contributed by atoms with Gasteiger partial charge in [0.05, 0.1) is 16.0 Å². The van der Waals surface area contributed by atoms with E-state index >= 15 is 8.78 Å². The summed E-state index contributed by atoms with van der Waals surface area (Å²) in [5.74, 6) is -3.78. The summed E-state index contributed by atoms with van der Waals surface area (Å²) in [5.41, 5.74) is 4.08. The van der Waals surface area contributed by atoms with Crippen LogP contribution in [-0.2, 0) is 31.2 Å². The highest BCUT2D eigenvalue weighted by molar-refractivity contribution is 6.31. The molecule has 42 heavy (non-hydrogen) atoms. The Hall–Kier alpha value is -3.04. The second kappa shape index (κ2) is 10.9. The van der Waals surface area contributed by atoms with Crippen LogP contribution in [0.2, 0.25) is 10.0 Å². The van der Waals surface area contributed by atoms with Crippen LogP contribution in [0, 0.1) is 17.0 Å². The van der Waals surface area contributed by atoms with Gasteiger partial charge in [-0.25, -0.2) is 13.7 Å². The summed E-state index contributed by atoms with van der Waals surface area (Å²) in [6.45, 7) is 6.84. The van der Waals surface area contributed by atoms with Gasteiger partial charge in [-0.15, -0.1) is 0 Å². The zero-order chi connectivity index (χ0) is 30.6. The quantitative estimate of drug-likeness (QED) is 0.297. The highest BCUT2D eigenvalue weighted by atomic mass is 35.5. The maximum atomic E-state index is 15.8. The molecule has 2 N–H and O–H groups in total. The summed E-state index contributed by atoms with van der Waals surface area (Å²) in [5, 5.41) is -0.0261. The molecule has 2 aliphatic heterocycles. The van der Waals surface area contributed by atoms with Gasteiger partial charge in [-0.2, -0.15) is 0 Å². The monoisotopic (exact) mass is 616 g/mol. The number of hydrogen-bond acceptors (Lipinski definition) is 6. The molecule has 222 valence electrons. The Balaban J connectivity index is 1.66. The molecule has 6 nitrogen and oxygen atoms in total. The van der Waals surface area contributed by atoms with Crippen molar-refractivity contribution >= 4 is 35.1 Å². The number of hydrogen-bond donors (Lipinski definition) is 1. The molecule has 0 aliphatic carbocycles. The van der Waals surface area contributed by atoms with Gasteiger partial charge >= 0.3 is 11.9 Å². The first kappa shape index (κ1) is 30.4. The van der Waals surface area contributed by atoms with Crippen LogP contribution in [0.1, 0.15) is 56.7 Å². The lowest BCUT2D eigenvalue weighted by Gasteiger charge is -2.44. The van der Waals surface area contributed by atoms with E-state index in [1.54, 1.807) is 38.7 Å². The van der Waals surface area contributed by atoms with Gasteiger partial charge in [0.1, 0.15) is 24.3 Å². The van der Waals surface area contributed by atoms with Gasteiger partial charge in [-0.05, 0) is 63.4 Å². The van der Waals surface area contributed by atoms with Gasteiger partial charge in [0.25, 0.3) is 0 Å². The van der Waals surface area contributed by atoms with Crippen LogP contribution in [0.15, 0.2) is 66.7 Å². The minimum absolute atomic E-state index is 0.0210. The second-order valence-electron chi connectivity index (χ2n) is 12.1. The number of fused-ring (bicyclic) bond motifs is 1. The van der Waals surface area contributed by atoms with Crippen molar-refractivity contribution < 1.29 is 27.8 Å². The molecule has 0 bridgehead atoms. The predicted molar refractivity (Wildman–Crippen MR) is 156 cm³/mol. The van der Waals surface area contributed by atoms with E-state index in [1.165, 1.54) is 24.3 Å². The number of nitrogens with two attached hydrogens (primary N) is 1. The van der Waals surface area contributed by atoms with E-state index in [0.717, 1.165) is 11.6 Å². The molecule has 10 heteroatoms. The molecule has 2 heterocycles. The first-order valence-electron chi connectivity index (χ1n) is 13.6. The maximum absolute atomic E-state index is 15.8. The van der Waals surface area contributed by atoms with Crippen molar-refractivity contribution in [1.29, 1.82) is 0 Å². The zero-order valence-corrected chi connectivity index (χ0v) is 25.2. The number of carbonyl (C=O) groups is 2. The Morgan fingerprint density at radius 1 is 1.07 bits per heavy atom. The molecule has 2 saturated heterocycles. The van der Waals surface area contributed by atoms with Gasteiger partial charge in [-0.3, -0.25) is 9.59 Å². The molecule has 3 aromatic rings. The molecule has 0 unspecified atom stereocenters. The number of rotatable bonds is 7. The topological polar surface area (TPSA) is 81.9 Å². The third kappa shape index (κ3) is 5.08. The summed E-state index contributed by atoms with van der Waals surface area (Å²) >= 11 is 12.3. The van der Waals surface area contributed by atoms with Crippen LogP contribution >= 0.6 is 23.2 Å². The molecule has 0 spiro atoms. The van der Waals surface area contributed by atoms with Gasteiger partial charge in [0.15, 0.2) is 5.72 Å². The van der Waals surface area contributed by atoms with Crippen molar-refractivity contribution in [1.82, 2.24) is 4.90 Å². The molecule has 3 aromatic carbocycles. The summed E-state index contributed by atoms with van der Waals surface area (Å²) in [7, 11) is 0. The van der Waals surface area contributed by atoms with Crippen LogP contribution in [0.25, 0.3) is 0 Å². The van der Waals surface area contributed by atoms with E-state index < -0.39 is 58.3 Å². The molecule has 2 fully saturated rings. The van der Waals surface area contributed by atoms with E-state index in [1.807, 2.05) is 30.3 Å². The number of nitrogens with zero attached hydrogens (tertiary/aromatic N) is 1. The van der Waals surface area contributed by atoms with Gasteiger partial charge in [0, 0.05) is 22.5 Å². The Morgan fingerprint density at radius 3 is 2.43 bits per heavy atom. The summed E-state index contributed by atoms with van der Waals surface area (Å²) in [4.78, 5) is 28.8. The summed E-state index contributed by atoms with van der Waals surface area (Å²) in [6.07, 6.45) is 0.0223. The van der Waals surface area contributed by atoms with Crippen molar-refractivity contribution in [3.63, 3.8) is 0 Å². The van der Waals surface area contributed by atoms with Crippen LogP contribution < -0.4 is 5.73 Å². The molecule has 0 amide bonds. The largest absolute Gasteiger partial charge is 0.460 e. The molecule has 0 radical (unpaired) electrons. The van der Waals surface area contributed by atoms with Gasteiger partial charge < -0.3 is 15.2 Å². The number of esters is 2. The van der Waals surface area contributed by atoms with E-state index in [2.05, 4.69) is 0 Å². The average molecular weight is 618 g/mol. The van der Waals surface area contributed by atoms with E-state index in [4.69, 9.17) is 38.4 Å². The lowest BCUT2D eigenvalue weighted by Crippen LogP contribution is -2.57. The molecule has 0 aromatic heterocycles. The van der Waals surface area contributed by atoms with Gasteiger partial charge in [0.2, 0.25) is 0 Å². The molecule has 0 saturated carbocycles. The third-order valence-corrected chi connectivity index (χ3v) is 8.94. The van der Waals surface area contributed by atoms with Crippen molar-refractivity contribution in [2.24, 2.45) is 11.1 Å². The predicted octanol–water partition coefficient (Wildman–Crippen LogP) is 6.71. The molecular formula is C32H32Cl2F2N2O4. The Kier molecular flexibility index (Phi) is 7.90. The fraction of sp³-hybridized carbons (Fsp3) is 0.375. The highest BCUT2D eigenvalue weighted by Crippen LogP contribution is 2.58. The van der Waals surface area contributed by atoms with Gasteiger partial charge in [-0.1, -0.05) is 71.7 Å². The molecular weight excluding hydrogens is 585 g/mol. The van der Waals surface area contributed by atoms with Crippen LogP contribution in [0.3, 0.4) is 0 Å². The number of halogens is 4. The van der Waals surface area contributed by atoms with E-state index in [0.29, 0.717) is 0 Å². The summed E-state index contributed by atoms with van der Waals surface area (Å²) in [6, 6.07) is 15.7. The van der Waals surface area contributed by atoms with Crippen molar-refractivity contribution in [2.75, 3.05) is 0 Å². The van der Waals surface area contributed by atoms with Crippen molar-refractivity contribution in [2.45, 2.75) is 70.0 Å². The first-order chi connectivity index (χ1) is 19.7. The van der Waals surface area contributed by atoms with Crippen LogP contribution in [-0.4, -0.2) is 34.6 Å². The lowest BCUT2D eigenvalue weighted by atomic mass is 9.68. The Labute approximate surface area is 253 Å². The maximum Gasteiger partial charge on any atom is 0.325 e. The minimum atomic E-state index is -1.74.